The molecule has 1 unspecified atom stereocenters. The number of amides is 2. The molecule has 2 aromatic rings. The van der Waals surface area contributed by atoms with Crippen LogP contribution in [0.2, 0.25) is 0 Å². The van der Waals surface area contributed by atoms with Crippen LogP contribution in [0.1, 0.15) is 40.9 Å². The van der Waals surface area contributed by atoms with E-state index in [0.29, 0.717) is 4.90 Å². The Labute approximate surface area is 161 Å². The molecule has 2 aromatic carbocycles. The Bertz CT molecular complexity index is 853. The van der Waals surface area contributed by atoms with Crippen LogP contribution in [0.25, 0.3) is 0 Å². The quantitative estimate of drug-likeness (QED) is 0.409. The maximum Gasteiger partial charge on any atom is 0.283 e. The van der Waals surface area contributed by atoms with Crippen molar-refractivity contribution in [2.45, 2.75) is 31.2 Å². The van der Waals surface area contributed by atoms with Crippen LogP contribution >= 0.6 is 11.8 Å². The third-order valence-corrected chi connectivity index (χ3v) is 5.08. The van der Waals surface area contributed by atoms with Gasteiger partial charge in [0.2, 0.25) is 11.8 Å². The minimum atomic E-state index is -0.740. The number of nitrogens with one attached hydrogen (secondary N) is 1. The number of thioether (sulfide) groups is 1. The predicted molar refractivity (Wildman–Crippen MR) is 105 cm³/mol. The summed E-state index contributed by atoms with van der Waals surface area (Å²) in [6.07, 6.45) is 0.729. The van der Waals surface area contributed by atoms with E-state index in [0.717, 1.165) is 35.4 Å². The Hall–Kier alpha value is -2.87. The van der Waals surface area contributed by atoms with Crippen molar-refractivity contribution >= 4 is 29.3 Å². The van der Waals surface area contributed by atoms with Gasteiger partial charge in [-0.25, -0.2) is 0 Å². The summed E-state index contributed by atoms with van der Waals surface area (Å²) < 4.78 is 0. The number of carbonyl (C=O) groups is 2. The monoisotopic (exact) mass is 387 g/mol. The molecule has 0 saturated carbocycles. The Morgan fingerprint density at radius 2 is 1.89 bits per heavy atom. The standard InChI is InChI=1S/C19H21N3O4S/c1-3-15(13-6-4-12(2)5-7-13)21-18(23)11-27-17-9-8-14(19(20)24)10-16(17)22(25)26/h4-10,15H,3,11H2,1-2H3,(H2,20,24)(H,21,23). The van der Waals surface area contributed by atoms with E-state index in [1.807, 2.05) is 38.1 Å². The molecule has 0 radical (unpaired) electrons. The molecule has 0 spiro atoms. The highest BCUT2D eigenvalue weighted by Crippen LogP contribution is 2.30. The lowest BCUT2D eigenvalue weighted by Crippen LogP contribution is -2.29. The number of benzene rings is 2. The second kappa shape index (κ2) is 9.18. The SMILES string of the molecule is CCC(NC(=O)CSc1ccc(C(N)=O)cc1[N+](=O)[O-])c1ccc(C)cc1. The number of carbonyl (C=O) groups excluding carboxylic acids is 2. The molecule has 0 fully saturated rings. The largest absolute Gasteiger partial charge is 0.366 e. The Kier molecular flexibility index (Phi) is 6.95. The van der Waals surface area contributed by atoms with Gasteiger partial charge in [-0.2, -0.15) is 0 Å². The van der Waals surface area contributed by atoms with Crippen molar-refractivity contribution in [1.82, 2.24) is 5.32 Å². The summed E-state index contributed by atoms with van der Waals surface area (Å²) in [7, 11) is 0. The maximum atomic E-state index is 12.3. The molecule has 1 atom stereocenters. The lowest BCUT2D eigenvalue weighted by Gasteiger charge is -2.17. The molecule has 0 aliphatic carbocycles. The van der Waals surface area contributed by atoms with Crippen LogP contribution in [0, 0.1) is 17.0 Å². The maximum absolute atomic E-state index is 12.3. The first kappa shape index (κ1) is 20.4. The molecule has 3 N–H and O–H groups in total. The van der Waals surface area contributed by atoms with E-state index in [1.54, 1.807) is 0 Å². The van der Waals surface area contributed by atoms with Crippen LogP contribution in [0.5, 0.6) is 0 Å². The number of nitrogens with zero attached hydrogens (tertiary/aromatic N) is 1. The van der Waals surface area contributed by atoms with Crippen molar-refractivity contribution in [3.05, 3.63) is 69.3 Å². The number of hydrogen-bond acceptors (Lipinski definition) is 5. The molecule has 2 rings (SSSR count). The van der Waals surface area contributed by atoms with Gasteiger partial charge in [0.05, 0.1) is 21.6 Å². The molecule has 2 amide bonds. The fourth-order valence-electron chi connectivity index (χ4n) is 2.53. The second-order valence-corrected chi connectivity index (χ2v) is 7.05. The van der Waals surface area contributed by atoms with E-state index in [2.05, 4.69) is 5.32 Å². The lowest BCUT2D eigenvalue weighted by atomic mass is 10.0. The zero-order valence-electron chi connectivity index (χ0n) is 15.1. The molecule has 0 bridgehead atoms. The zero-order chi connectivity index (χ0) is 20.0. The van der Waals surface area contributed by atoms with Gasteiger partial charge in [-0.05, 0) is 31.0 Å². The summed E-state index contributed by atoms with van der Waals surface area (Å²) in [6.45, 7) is 3.97. The van der Waals surface area contributed by atoms with Gasteiger partial charge in [0.15, 0.2) is 0 Å². The van der Waals surface area contributed by atoms with Crippen LogP contribution in [0.15, 0.2) is 47.4 Å². The molecular weight excluding hydrogens is 366 g/mol. The van der Waals surface area contributed by atoms with Crippen molar-refractivity contribution < 1.29 is 14.5 Å². The molecule has 0 aliphatic heterocycles. The molecule has 27 heavy (non-hydrogen) atoms. The summed E-state index contributed by atoms with van der Waals surface area (Å²) in [5.41, 5.74) is 7.13. The minimum absolute atomic E-state index is 0.0269. The van der Waals surface area contributed by atoms with Crippen molar-refractivity contribution in [1.29, 1.82) is 0 Å². The molecule has 0 saturated heterocycles. The van der Waals surface area contributed by atoms with Crippen LogP contribution in [-0.4, -0.2) is 22.5 Å². The first-order valence-electron chi connectivity index (χ1n) is 8.38. The van der Waals surface area contributed by atoms with E-state index in [4.69, 9.17) is 5.73 Å². The predicted octanol–water partition coefficient (Wildman–Crippen LogP) is 3.36. The van der Waals surface area contributed by atoms with Crippen molar-refractivity contribution in [3.63, 3.8) is 0 Å². The summed E-state index contributed by atoms with van der Waals surface area (Å²) in [5.74, 6) is -0.934. The van der Waals surface area contributed by atoms with Gasteiger partial charge in [0, 0.05) is 11.6 Å². The summed E-state index contributed by atoms with van der Waals surface area (Å²) in [6, 6.07) is 11.8. The van der Waals surface area contributed by atoms with Crippen LogP contribution in [0.3, 0.4) is 0 Å². The number of nitro benzene ring substituents is 1. The number of hydrogen-bond donors (Lipinski definition) is 2. The molecule has 7 nitrogen and oxygen atoms in total. The van der Waals surface area contributed by atoms with Crippen molar-refractivity contribution in [3.8, 4) is 0 Å². The van der Waals surface area contributed by atoms with Gasteiger partial charge in [0.1, 0.15) is 0 Å². The van der Waals surface area contributed by atoms with Gasteiger partial charge in [0.25, 0.3) is 5.69 Å². The number of primary amides is 1. The van der Waals surface area contributed by atoms with Crippen LogP contribution in [0.4, 0.5) is 5.69 Å². The van der Waals surface area contributed by atoms with Crippen molar-refractivity contribution in [2.75, 3.05) is 5.75 Å². The Morgan fingerprint density at radius 1 is 1.22 bits per heavy atom. The Morgan fingerprint density at radius 3 is 2.44 bits per heavy atom. The van der Waals surface area contributed by atoms with Gasteiger partial charge >= 0.3 is 0 Å². The third kappa shape index (κ3) is 5.55. The zero-order valence-corrected chi connectivity index (χ0v) is 15.9. The highest BCUT2D eigenvalue weighted by molar-refractivity contribution is 8.00. The van der Waals surface area contributed by atoms with E-state index < -0.39 is 10.8 Å². The fourth-order valence-corrected chi connectivity index (χ4v) is 3.35. The van der Waals surface area contributed by atoms with Crippen molar-refractivity contribution in [2.24, 2.45) is 5.73 Å². The van der Waals surface area contributed by atoms with Gasteiger partial charge in [-0.3, -0.25) is 19.7 Å². The van der Waals surface area contributed by atoms with E-state index in [1.165, 1.54) is 12.1 Å². The molecule has 8 heteroatoms. The average molecular weight is 387 g/mol. The molecule has 142 valence electrons. The van der Waals surface area contributed by atoms with Crippen LogP contribution < -0.4 is 11.1 Å². The number of aryl methyl sites for hydroxylation is 1. The number of nitro groups is 1. The molecule has 0 aromatic heterocycles. The van der Waals surface area contributed by atoms with Gasteiger partial charge in [-0.15, -0.1) is 11.8 Å². The summed E-state index contributed by atoms with van der Waals surface area (Å²) >= 11 is 1.05. The van der Waals surface area contributed by atoms with E-state index in [-0.39, 0.29) is 29.0 Å². The first-order chi connectivity index (χ1) is 12.8. The highest BCUT2D eigenvalue weighted by atomic mass is 32.2. The van der Waals surface area contributed by atoms with Gasteiger partial charge < -0.3 is 11.1 Å². The Balaban J connectivity index is 2.05. The van der Waals surface area contributed by atoms with Gasteiger partial charge in [-0.1, -0.05) is 36.8 Å². The normalized spacial score (nSPS) is 11.6. The lowest BCUT2D eigenvalue weighted by molar-refractivity contribution is -0.387. The smallest absolute Gasteiger partial charge is 0.283 e. The fraction of sp³-hybridized carbons (Fsp3) is 0.263. The number of rotatable bonds is 8. The summed E-state index contributed by atoms with van der Waals surface area (Å²) in [5, 5.41) is 14.2. The molecular formula is C19H21N3O4S. The highest BCUT2D eigenvalue weighted by Gasteiger charge is 2.19. The molecule has 0 heterocycles. The molecule has 0 aliphatic rings. The first-order valence-corrected chi connectivity index (χ1v) is 9.37. The summed E-state index contributed by atoms with van der Waals surface area (Å²) in [4.78, 5) is 34.4. The van der Waals surface area contributed by atoms with Crippen LogP contribution in [-0.2, 0) is 4.79 Å². The van der Waals surface area contributed by atoms with E-state index in [9.17, 15) is 19.7 Å². The second-order valence-electron chi connectivity index (χ2n) is 6.03. The third-order valence-electron chi connectivity index (χ3n) is 4.02. The number of nitrogens with two attached hydrogens (primary N) is 1. The minimum Gasteiger partial charge on any atom is -0.366 e. The van der Waals surface area contributed by atoms with E-state index >= 15 is 0 Å². The average Bonchev–Trinajstić information content (AvgIpc) is 2.64. The topological polar surface area (TPSA) is 115 Å².